The maximum Gasteiger partial charge on any atom is 0.253 e. The number of hydrogen-bond donors (Lipinski definition) is 1. The summed E-state index contributed by atoms with van der Waals surface area (Å²) < 4.78 is 27.7. The Labute approximate surface area is 167 Å². The van der Waals surface area contributed by atoms with Gasteiger partial charge in [0.2, 0.25) is 10.0 Å². The van der Waals surface area contributed by atoms with Gasteiger partial charge in [-0.25, -0.2) is 13.1 Å². The topological polar surface area (TPSA) is 66.5 Å². The SMILES string of the molecule is Cc1ccc(S(=O)(=O)NCCC2CCN(C(=O)c3ccccc3)CC2)cc1C. The fourth-order valence-electron chi connectivity index (χ4n) is 3.55. The number of likely N-dealkylation sites (tertiary alicyclic amines) is 1. The lowest BCUT2D eigenvalue weighted by Gasteiger charge is -2.32. The van der Waals surface area contributed by atoms with Crippen LogP contribution in [-0.2, 0) is 10.0 Å². The summed E-state index contributed by atoms with van der Waals surface area (Å²) in [6, 6.07) is 14.5. The Kier molecular flexibility index (Phi) is 6.52. The molecule has 0 radical (unpaired) electrons. The van der Waals surface area contributed by atoms with Crippen molar-refractivity contribution in [1.82, 2.24) is 9.62 Å². The van der Waals surface area contributed by atoms with E-state index >= 15 is 0 Å². The molecular formula is C22H28N2O3S. The minimum absolute atomic E-state index is 0.0782. The Bertz CT molecular complexity index is 918. The molecule has 0 aromatic heterocycles. The summed E-state index contributed by atoms with van der Waals surface area (Å²) in [5.41, 5.74) is 2.77. The largest absolute Gasteiger partial charge is 0.339 e. The van der Waals surface area contributed by atoms with Gasteiger partial charge in [-0.05, 0) is 74.4 Å². The standard InChI is InChI=1S/C22H28N2O3S/c1-17-8-9-21(16-18(17)2)28(26,27)23-13-10-19-11-14-24(15-12-19)22(25)20-6-4-3-5-7-20/h3-9,16,19,23H,10-15H2,1-2H3. The molecule has 0 bridgehead atoms. The Morgan fingerprint density at radius 2 is 1.71 bits per heavy atom. The molecule has 5 nitrogen and oxygen atoms in total. The molecular weight excluding hydrogens is 372 g/mol. The van der Waals surface area contributed by atoms with Gasteiger partial charge in [0, 0.05) is 25.2 Å². The number of carbonyl (C=O) groups excluding carboxylic acids is 1. The lowest BCUT2D eigenvalue weighted by atomic mass is 9.93. The van der Waals surface area contributed by atoms with E-state index in [0.717, 1.165) is 49.0 Å². The molecule has 2 aromatic carbocycles. The molecule has 0 saturated carbocycles. The van der Waals surface area contributed by atoms with Crippen molar-refractivity contribution in [3.8, 4) is 0 Å². The van der Waals surface area contributed by atoms with Crippen molar-refractivity contribution in [2.24, 2.45) is 5.92 Å². The van der Waals surface area contributed by atoms with Gasteiger partial charge in [-0.1, -0.05) is 24.3 Å². The number of sulfonamides is 1. The van der Waals surface area contributed by atoms with Crippen LogP contribution in [0.5, 0.6) is 0 Å². The van der Waals surface area contributed by atoms with Crippen LogP contribution in [0.4, 0.5) is 0 Å². The Morgan fingerprint density at radius 3 is 2.36 bits per heavy atom. The first-order valence-corrected chi connectivity index (χ1v) is 11.3. The number of carbonyl (C=O) groups is 1. The summed E-state index contributed by atoms with van der Waals surface area (Å²) >= 11 is 0. The van der Waals surface area contributed by atoms with Gasteiger partial charge in [-0.15, -0.1) is 0 Å². The second-order valence-electron chi connectivity index (χ2n) is 7.53. The second kappa shape index (κ2) is 8.88. The first-order chi connectivity index (χ1) is 13.4. The van der Waals surface area contributed by atoms with Crippen LogP contribution in [-0.4, -0.2) is 38.9 Å². The molecule has 1 N–H and O–H groups in total. The van der Waals surface area contributed by atoms with Crippen molar-refractivity contribution < 1.29 is 13.2 Å². The van der Waals surface area contributed by atoms with E-state index in [1.54, 1.807) is 12.1 Å². The number of nitrogens with zero attached hydrogens (tertiary/aromatic N) is 1. The van der Waals surface area contributed by atoms with Gasteiger partial charge in [0.05, 0.1) is 4.90 Å². The normalized spacial score (nSPS) is 15.6. The molecule has 0 unspecified atom stereocenters. The fraction of sp³-hybridized carbons (Fsp3) is 0.409. The summed E-state index contributed by atoms with van der Waals surface area (Å²) in [7, 11) is -3.48. The van der Waals surface area contributed by atoms with E-state index in [4.69, 9.17) is 0 Å². The van der Waals surface area contributed by atoms with Crippen molar-refractivity contribution >= 4 is 15.9 Å². The van der Waals surface area contributed by atoms with E-state index in [1.807, 2.05) is 55.1 Å². The first-order valence-electron chi connectivity index (χ1n) is 9.78. The molecule has 3 rings (SSSR count). The number of piperidine rings is 1. The molecule has 0 spiro atoms. The lowest BCUT2D eigenvalue weighted by molar-refractivity contribution is 0.0687. The highest BCUT2D eigenvalue weighted by atomic mass is 32.2. The van der Waals surface area contributed by atoms with E-state index in [-0.39, 0.29) is 5.91 Å². The first kappa shape index (κ1) is 20.6. The molecule has 28 heavy (non-hydrogen) atoms. The highest BCUT2D eigenvalue weighted by molar-refractivity contribution is 7.89. The van der Waals surface area contributed by atoms with E-state index in [0.29, 0.717) is 17.4 Å². The molecule has 1 saturated heterocycles. The van der Waals surface area contributed by atoms with Gasteiger partial charge in [0.1, 0.15) is 0 Å². The number of rotatable bonds is 6. The number of hydrogen-bond acceptors (Lipinski definition) is 3. The third kappa shape index (κ3) is 5.00. The minimum atomic E-state index is -3.48. The van der Waals surface area contributed by atoms with E-state index in [1.165, 1.54) is 0 Å². The molecule has 0 aliphatic carbocycles. The average Bonchev–Trinajstić information content (AvgIpc) is 2.70. The Morgan fingerprint density at radius 1 is 1.04 bits per heavy atom. The molecule has 1 amide bonds. The van der Waals surface area contributed by atoms with Crippen molar-refractivity contribution in [1.29, 1.82) is 0 Å². The molecule has 1 aliphatic heterocycles. The van der Waals surface area contributed by atoms with Crippen molar-refractivity contribution in [3.63, 3.8) is 0 Å². The summed E-state index contributed by atoms with van der Waals surface area (Å²) in [5, 5.41) is 0. The molecule has 2 aromatic rings. The summed E-state index contributed by atoms with van der Waals surface area (Å²) in [6.07, 6.45) is 2.60. The van der Waals surface area contributed by atoms with Crippen LogP contribution in [0.15, 0.2) is 53.4 Å². The Balaban J connectivity index is 1.46. The van der Waals surface area contributed by atoms with Crippen LogP contribution in [0.3, 0.4) is 0 Å². The van der Waals surface area contributed by atoms with Crippen LogP contribution >= 0.6 is 0 Å². The summed E-state index contributed by atoms with van der Waals surface area (Å²) in [4.78, 5) is 14.7. The second-order valence-corrected chi connectivity index (χ2v) is 9.30. The highest BCUT2D eigenvalue weighted by Crippen LogP contribution is 2.22. The maximum atomic E-state index is 12.5. The molecule has 1 aliphatic rings. The zero-order chi connectivity index (χ0) is 20.1. The summed E-state index contributed by atoms with van der Waals surface area (Å²) in [5.74, 6) is 0.511. The predicted molar refractivity (Wildman–Crippen MR) is 111 cm³/mol. The maximum absolute atomic E-state index is 12.5. The number of benzene rings is 2. The van der Waals surface area contributed by atoms with Crippen molar-refractivity contribution in [3.05, 3.63) is 65.2 Å². The van der Waals surface area contributed by atoms with Crippen molar-refractivity contribution in [2.45, 2.75) is 38.0 Å². The van der Waals surface area contributed by atoms with E-state index < -0.39 is 10.0 Å². The number of aryl methyl sites for hydroxylation is 2. The van der Waals surface area contributed by atoms with Crippen LogP contribution in [0.2, 0.25) is 0 Å². The molecule has 0 atom stereocenters. The zero-order valence-corrected chi connectivity index (χ0v) is 17.3. The van der Waals surface area contributed by atoms with E-state index in [2.05, 4.69) is 4.72 Å². The van der Waals surface area contributed by atoms with Crippen LogP contribution in [0.1, 0.15) is 40.7 Å². The van der Waals surface area contributed by atoms with Gasteiger partial charge in [-0.2, -0.15) is 0 Å². The quantitative estimate of drug-likeness (QED) is 0.807. The van der Waals surface area contributed by atoms with Gasteiger partial charge in [0.25, 0.3) is 5.91 Å². The third-order valence-electron chi connectivity index (χ3n) is 5.56. The molecule has 6 heteroatoms. The smallest absolute Gasteiger partial charge is 0.253 e. The zero-order valence-electron chi connectivity index (χ0n) is 16.5. The molecule has 1 heterocycles. The third-order valence-corrected chi connectivity index (χ3v) is 7.01. The van der Waals surface area contributed by atoms with Crippen LogP contribution in [0.25, 0.3) is 0 Å². The molecule has 150 valence electrons. The van der Waals surface area contributed by atoms with Gasteiger partial charge in [-0.3, -0.25) is 4.79 Å². The van der Waals surface area contributed by atoms with Crippen molar-refractivity contribution in [2.75, 3.05) is 19.6 Å². The summed E-state index contributed by atoms with van der Waals surface area (Å²) in [6.45, 7) is 5.75. The number of amides is 1. The Hall–Kier alpha value is -2.18. The van der Waals surface area contributed by atoms with Crippen LogP contribution in [0, 0.1) is 19.8 Å². The van der Waals surface area contributed by atoms with E-state index in [9.17, 15) is 13.2 Å². The lowest BCUT2D eigenvalue weighted by Crippen LogP contribution is -2.39. The number of nitrogens with one attached hydrogen (secondary N) is 1. The van der Waals surface area contributed by atoms with Gasteiger partial charge < -0.3 is 4.90 Å². The minimum Gasteiger partial charge on any atom is -0.339 e. The monoisotopic (exact) mass is 400 g/mol. The highest BCUT2D eigenvalue weighted by Gasteiger charge is 2.24. The van der Waals surface area contributed by atoms with Crippen LogP contribution < -0.4 is 4.72 Å². The molecule has 1 fully saturated rings. The van der Waals surface area contributed by atoms with Gasteiger partial charge in [0.15, 0.2) is 0 Å². The fourth-order valence-corrected chi connectivity index (χ4v) is 4.68. The van der Waals surface area contributed by atoms with Gasteiger partial charge >= 0.3 is 0 Å². The average molecular weight is 401 g/mol. The predicted octanol–water partition coefficient (Wildman–Crippen LogP) is 3.52.